The summed E-state index contributed by atoms with van der Waals surface area (Å²) in [7, 11) is 0. The minimum Gasteiger partial charge on any atom is -0.348 e. The van der Waals surface area contributed by atoms with Crippen molar-refractivity contribution >= 4 is 5.91 Å². The van der Waals surface area contributed by atoms with E-state index in [1.54, 1.807) is 18.5 Å². The Morgan fingerprint density at radius 2 is 1.95 bits per heavy atom. The molecule has 1 amide bonds. The first-order valence-electron chi connectivity index (χ1n) is 6.86. The quantitative estimate of drug-likeness (QED) is 0.672. The molecule has 0 spiro atoms. The first-order valence-corrected chi connectivity index (χ1v) is 6.86. The minimum atomic E-state index is -0.0950. The average molecular weight is 278 g/mol. The third kappa shape index (κ3) is 4.73. The molecule has 0 aliphatic heterocycles. The highest BCUT2D eigenvalue weighted by molar-refractivity contribution is 5.87. The lowest BCUT2D eigenvalue weighted by Gasteiger charge is -2.06. The predicted molar refractivity (Wildman–Crippen MR) is 85.5 cm³/mol. The van der Waals surface area contributed by atoms with E-state index in [0.29, 0.717) is 6.54 Å². The van der Waals surface area contributed by atoms with E-state index in [4.69, 9.17) is 0 Å². The molecule has 0 unspecified atom stereocenters. The van der Waals surface area contributed by atoms with E-state index in [0.717, 1.165) is 16.7 Å². The van der Waals surface area contributed by atoms with E-state index in [1.165, 1.54) is 6.08 Å². The standard InChI is InChI=1S/C18H18N2O/c1-2-3-4-8-18(21)20-14-15-6-5-7-17(13-15)16-9-11-19-12-10-16/h2-13H,14H2,1H3,(H,20,21)/b3-2+,8-4+. The Kier molecular flexibility index (Phi) is 5.47. The van der Waals surface area contributed by atoms with Crippen molar-refractivity contribution in [2.45, 2.75) is 13.5 Å². The maximum absolute atomic E-state index is 11.6. The van der Waals surface area contributed by atoms with Gasteiger partial charge in [-0.25, -0.2) is 0 Å². The Bertz CT molecular complexity index is 645. The van der Waals surface area contributed by atoms with E-state index >= 15 is 0 Å². The van der Waals surface area contributed by atoms with Crippen molar-refractivity contribution in [2.75, 3.05) is 0 Å². The number of benzene rings is 1. The summed E-state index contributed by atoms with van der Waals surface area (Å²) in [6.45, 7) is 2.42. The predicted octanol–water partition coefficient (Wildman–Crippen LogP) is 3.50. The van der Waals surface area contributed by atoms with Crippen LogP contribution in [0.3, 0.4) is 0 Å². The molecule has 1 N–H and O–H groups in total. The molecule has 1 aromatic carbocycles. The molecule has 0 saturated heterocycles. The summed E-state index contributed by atoms with van der Waals surface area (Å²) in [6, 6.07) is 12.1. The molecule has 2 rings (SSSR count). The molecule has 0 saturated carbocycles. The summed E-state index contributed by atoms with van der Waals surface area (Å²) >= 11 is 0. The number of rotatable bonds is 5. The molecule has 0 bridgehead atoms. The highest BCUT2D eigenvalue weighted by Gasteiger charge is 2.00. The van der Waals surface area contributed by atoms with Crippen LogP contribution < -0.4 is 5.32 Å². The molecule has 106 valence electrons. The number of carbonyl (C=O) groups excluding carboxylic acids is 1. The Morgan fingerprint density at radius 3 is 2.71 bits per heavy atom. The zero-order chi connectivity index (χ0) is 14.9. The highest BCUT2D eigenvalue weighted by atomic mass is 16.1. The number of amides is 1. The summed E-state index contributed by atoms with van der Waals surface area (Å²) in [5.41, 5.74) is 3.30. The van der Waals surface area contributed by atoms with Crippen molar-refractivity contribution in [1.82, 2.24) is 10.3 Å². The van der Waals surface area contributed by atoms with Crippen LogP contribution in [0.4, 0.5) is 0 Å². The number of hydrogen-bond donors (Lipinski definition) is 1. The number of allylic oxidation sites excluding steroid dienone is 3. The lowest BCUT2D eigenvalue weighted by molar-refractivity contribution is -0.116. The second-order valence-electron chi connectivity index (χ2n) is 4.54. The van der Waals surface area contributed by atoms with Crippen LogP contribution in [0.1, 0.15) is 12.5 Å². The summed E-state index contributed by atoms with van der Waals surface area (Å²) in [5, 5.41) is 2.86. The van der Waals surface area contributed by atoms with E-state index in [9.17, 15) is 4.79 Å². The van der Waals surface area contributed by atoms with E-state index in [1.807, 2.05) is 49.4 Å². The molecule has 1 heterocycles. The molecule has 1 aromatic heterocycles. The molecule has 2 aromatic rings. The van der Waals surface area contributed by atoms with Crippen LogP contribution in [0.15, 0.2) is 73.1 Å². The fourth-order valence-corrected chi connectivity index (χ4v) is 1.91. The molecule has 0 aliphatic carbocycles. The van der Waals surface area contributed by atoms with E-state index in [2.05, 4.69) is 16.4 Å². The third-order valence-corrected chi connectivity index (χ3v) is 2.96. The zero-order valence-corrected chi connectivity index (χ0v) is 12.0. The molecular weight excluding hydrogens is 260 g/mol. The maximum Gasteiger partial charge on any atom is 0.244 e. The van der Waals surface area contributed by atoms with Crippen LogP contribution in [-0.2, 0) is 11.3 Å². The zero-order valence-electron chi connectivity index (χ0n) is 12.0. The molecule has 21 heavy (non-hydrogen) atoms. The molecule has 0 atom stereocenters. The normalized spacial score (nSPS) is 11.1. The molecule has 0 aliphatic rings. The van der Waals surface area contributed by atoms with Crippen molar-refractivity contribution in [3.05, 3.63) is 78.7 Å². The van der Waals surface area contributed by atoms with Crippen molar-refractivity contribution in [3.63, 3.8) is 0 Å². The van der Waals surface area contributed by atoms with Crippen LogP contribution in [0.2, 0.25) is 0 Å². The van der Waals surface area contributed by atoms with Gasteiger partial charge in [-0.15, -0.1) is 0 Å². The van der Waals surface area contributed by atoms with Crippen molar-refractivity contribution in [2.24, 2.45) is 0 Å². The first-order chi connectivity index (χ1) is 10.3. The van der Waals surface area contributed by atoms with Gasteiger partial charge in [-0.2, -0.15) is 0 Å². The SMILES string of the molecule is C/C=C/C=C/C(=O)NCc1cccc(-c2ccncc2)c1. The van der Waals surface area contributed by atoms with Gasteiger partial charge in [-0.05, 0) is 41.8 Å². The topological polar surface area (TPSA) is 42.0 Å². The van der Waals surface area contributed by atoms with Gasteiger partial charge in [0.25, 0.3) is 0 Å². The molecule has 3 heteroatoms. The van der Waals surface area contributed by atoms with Gasteiger partial charge in [0.15, 0.2) is 0 Å². The average Bonchev–Trinajstić information content (AvgIpc) is 2.54. The van der Waals surface area contributed by atoms with Crippen LogP contribution in [-0.4, -0.2) is 10.9 Å². The molecule has 0 fully saturated rings. The van der Waals surface area contributed by atoms with Crippen molar-refractivity contribution < 1.29 is 4.79 Å². The van der Waals surface area contributed by atoms with Gasteiger partial charge < -0.3 is 5.32 Å². The van der Waals surface area contributed by atoms with Gasteiger partial charge in [0, 0.05) is 25.0 Å². The Morgan fingerprint density at radius 1 is 1.14 bits per heavy atom. The number of hydrogen-bond acceptors (Lipinski definition) is 2. The molecule has 3 nitrogen and oxygen atoms in total. The van der Waals surface area contributed by atoms with Gasteiger partial charge in [0.05, 0.1) is 0 Å². The Hall–Kier alpha value is -2.68. The van der Waals surface area contributed by atoms with Gasteiger partial charge in [0.2, 0.25) is 5.91 Å². The summed E-state index contributed by atoms with van der Waals surface area (Å²) in [5.74, 6) is -0.0950. The van der Waals surface area contributed by atoms with E-state index < -0.39 is 0 Å². The lowest BCUT2D eigenvalue weighted by Crippen LogP contribution is -2.20. The smallest absolute Gasteiger partial charge is 0.244 e. The van der Waals surface area contributed by atoms with Gasteiger partial charge in [0.1, 0.15) is 0 Å². The second kappa shape index (κ2) is 7.80. The molecular formula is C18H18N2O. The maximum atomic E-state index is 11.6. The Balaban J connectivity index is 2.00. The lowest BCUT2D eigenvalue weighted by atomic mass is 10.0. The van der Waals surface area contributed by atoms with E-state index in [-0.39, 0.29) is 5.91 Å². The van der Waals surface area contributed by atoms with Crippen molar-refractivity contribution in [1.29, 1.82) is 0 Å². The summed E-state index contributed by atoms with van der Waals surface area (Å²) in [6.07, 6.45) is 10.5. The van der Waals surface area contributed by atoms with Gasteiger partial charge in [-0.3, -0.25) is 9.78 Å². The number of pyridine rings is 1. The second-order valence-corrected chi connectivity index (χ2v) is 4.54. The van der Waals surface area contributed by atoms with Gasteiger partial charge in [-0.1, -0.05) is 36.4 Å². The number of aromatic nitrogens is 1. The highest BCUT2D eigenvalue weighted by Crippen LogP contribution is 2.19. The summed E-state index contributed by atoms with van der Waals surface area (Å²) < 4.78 is 0. The largest absolute Gasteiger partial charge is 0.348 e. The number of nitrogens with one attached hydrogen (secondary N) is 1. The Labute approximate surface area is 125 Å². The number of carbonyl (C=O) groups is 1. The van der Waals surface area contributed by atoms with Crippen LogP contribution >= 0.6 is 0 Å². The van der Waals surface area contributed by atoms with Gasteiger partial charge >= 0.3 is 0 Å². The minimum absolute atomic E-state index is 0.0950. The number of nitrogens with zero attached hydrogens (tertiary/aromatic N) is 1. The van der Waals surface area contributed by atoms with Crippen molar-refractivity contribution in [3.8, 4) is 11.1 Å². The fraction of sp³-hybridized carbons (Fsp3) is 0.111. The molecule has 0 radical (unpaired) electrons. The first kappa shape index (κ1) is 14.7. The third-order valence-electron chi connectivity index (χ3n) is 2.96. The van der Waals surface area contributed by atoms with Crippen LogP contribution in [0.5, 0.6) is 0 Å². The summed E-state index contributed by atoms with van der Waals surface area (Å²) in [4.78, 5) is 15.6. The monoisotopic (exact) mass is 278 g/mol. The van der Waals surface area contributed by atoms with Crippen LogP contribution in [0.25, 0.3) is 11.1 Å². The fourth-order valence-electron chi connectivity index (χ4n) is 1.91. The van der Waals surface area contributed by atoms with Crippen LogP contribution in [0, 0.1) is 0 Å².